The van der Waals surface area contributed by atoms with Gasteiger partial charge in [-0.3, -0.25) is 4.79 Å². The van der Waals surface area contributed by atoms with E-state index in [2.05, 4.69) is 26.1 Å². The van der Waals surface area contributed by atoms with Gasteiger partial charge in [0, 0.05) is 12.4 Å². The third-order valence-corrected chi connectivity index (χ3v) is 4.09. The summed E-state index contributed by atoms with van der Waals surface area (Å²) in [6.07, 6.45) is -0.0418. The molecule has 1 amide bonds. The summed E-state index contributed by atoms with van der Waals surface area (Å²) in [5.41, 5.74) is 2.81. The Kier molecular flexibility index (Phi) is 5.97. The van der Waals surface area contributed by atoms with Crippen LogP contribution in [0.3, 0.4) is 0 Å². The molecular formula is C21H24NO3-. The number of hydrogen-bond donors (Lipinski definition) is 1. The number of carboxylic acid groups (broad SMARTS) is 1. The smallest absolute Gasteiger partial charge is 0.224 e. The van der Waals surface area contributed by atoms with Gasteiger partial charge in [-0.25, -0.2) is 0 Å². The van der Waals surface area contributed by atoms with Gasteiger partial charge in [0.05, 0.1) is 12.5 Å². The fourth-order valence-electron chi connectivity index (χ4n) is 2.66. The van der Waals surface area contributed by atoms with Crippen molar-refractivity contribution < 1.29 is 14.7 Å². The molecule has 25 heavy (non-hydrogen) atoms. The SMILES string of the molecule is CC(C)(C)c1ccc(C(CC(=O)[O-])NC(=O)Cc2ccccc2)cc1. The number of rotatable bonds is 6. The minimum absolute atomic E-state index is 0.0128. The lowest BCUT2D eigenvalue weighted by atomic mass is 9.86. The van der Waals surface area contributed by atoms with Crippen LogP contribution in [0.5, 0.6) is 0 Å². The number of nitrogens with one attached hydrogen (secondary N) is 1. The molecule has 4 heteroatoms. The summed E-state index contributed by atoms with van der Waals surface area (Å²) >= 11 is 0. The van der Waals surface area contributed by atoms with Crippen molar-refractivity contribution in [1.29, 1.82) is 0 Å². The lowest BCUT2D eigenvalue weighted by Gasteiger charge is -2.23. The molecule has 1 atom stereocenters. The zero-order valence-corrected chi connectivity index (χ0v) is 14.9. The average Bonchev–Trinajstić information content (AvgIpc) is 2.54. The molecule has 132 valence electrons. The van der Waals surface area contributed by atoms with Crippen molar-refractivity contribution in [2.45, 2.75) is 45.1 Å². The maximum absolute atomic E-state index is 12.3. The Morgan fingerprint density at radius 1 is 1.00 bits per heavy atom. The van der Waals surface area contributed by atoms with Gasteiger partial charge in [0.1, 0.15) is 0 Å². The fraction of sp³-hybridized carbons (Fsp3) is 0.333. The number of aliphatic carboxylic acids is 1. The highest BCUT2D eigenvalue weighted by Crippen LogP contribution is 2.25. The molecule has 0 saturated carbocycles. The third kappa shape index (κ3) is 5.75. The van der Waals surface area contributed by atoms with Gasteiger partial charge in [0.25, 0.3) is 0 Å². The number of carboxylic acids is 1. The Bertz CT molecular complexity index is 715. The molecule has 0 aliphatic carbocycles. The molecule has 2 rings (SSSR count). The Morgan fingerprint density at radius 2 is 1.60 bits per heavy atom. The topological polar surface area (TPSA) is 69.2 Å². The van der Waals surface area contributed by atoms with Crippen molar-refractivity contribution in [3.63, 3.8) is 0 Å². The highest BCUT2D eigenvalue weighted by molar-refractivity contribution is 5.79. The van der Waals surface area contributed by atoms with Gasteiger partial charge in [0.2, 0.25) is 5.91 Å². The van der Waals surface area contributed by atoms with Crippen LogP contribution in [0.25, 0.3) is 0 Å². The van der Waals surface area contributed by atoms with Gasteiger partial charge in [-0.15, -0.1) is 0 Å². The molecule has 0 aliphatic rings. The summed E-state index contributed by atoms with van der Waals surface area (Å²) in [4.78, 5) is 23.4. The van der Waals surface area contributed by atoms with Crippen LogP contribution in [-0.2, 0) is 21.4 Å². The molecule has 0 bridgehead atoms. The Labute approximate surface area is 148 Å². The standard InChI is InChI=1S/C21H25NO3/c1-21(2,3)17-11-9-16(10-12-17)18(14-20(24)25)22-19(23)13-15-7-5-4-6-8-15/h4-12,18H,13-14H2,1-3H3,(H,22,23)(H,24,25)/p-1. The molecule has 0 aromatic heterocycles. The van der Waals surface area contributed by atoms with Crippen molar-refractivity contribution in [2.75, 3.05) is 0 Å². The van der Waals surface area contributed by atoms with Gasteiger partial charge < -0.3 is 15.2 Å². The second-order valence-corrected chi connectivity index (χ2v) is 7.23. The summed E-state index contributed by atoms with van der Waals surface area (Å²) in [5.74, 6) is -1.40. The van der Waals surface area contributed by atoms with Crippen molar-refractivity contribution in [3.8, 4) is 0 Å². The van der Waals surface area contributed by atoms with Crippen molar-refractivity contribution >= 4 is 11.9 Å². The van der Waals surface area contributed by atoms with Crippen LogP contribution < -0.4 is 10.4 Å². The Morgan fingerprint density at radius 3 is 2.12 bits per heavy atom. The number of carbonyl (C=O) groups excluding carboxylic acids is 2. The minimum Gasteiger partial charge on any atom is -0.550 e. The second kappa shape index (κ2) is 7.97. The van der Waals surface area contributed by atoms with E-state index >= 15 is 0 Å². The summed E-state index contributed by atoms with van der Waals surface area (Å²) in [6.45, 7) is 6.34. The number of benzene rings is 2. The highest BCUT2D eigenvalue weighted by Gasteiger charge is 2.18. The molecule has 0 spiro atoms. The van der Waals surface area contributed by atoms with E-state index in [0.717, 1.165) is 16.7 Å². The summed E-state index contributed by atoms with van der Waals surface area (Å²) in [7, 11) is 0. The Hall–Kier alpha value is -2.62. The lowest BCUT2D eigenvalue weighted by molar-refractivity contribution is -0.306. The lowest BCUT2D eigenvalue weighted by Crippen LogP contribution is -2.35. The summed E-state index contributed by atoms with van der Waals surface area (Å²) < 4.78 is 0. The molecule has 0 aliphatic heterocycles. The molecule has 2 aromatic rings. The van der Waals surface area contributed by atoms with Crippen LogP contribution in [0.1, 0.15) is 49.9 Å². The number of carbonyl (C=O) groups is 2. The molecule has 1 unspecified atom stereocenters. The van der Waals surface area contributed by atoms with E-state index in [1.165, 1.54) is 0 Å². The van der Waals surface area contributed by atoms with Crippen molar-refractivity contribution in [3.05, 3.63) is 71.3 Å². The van der Waals surface area contributed by atoms with E-state index in [4.69, 9.17) is 0 Å². The molecule has 4 nitrogen and oxygen atoms in total. The second-order valence-electron chi connectivity index (χ2n) is 7.23. The first kappa shape index (κ1) is 18.7. The predicted molar refractivity (Wildman–Crippen MR) is 95.8 cm³/mol. The minimum atomic E-state index is -1.19. The first-order valence-corrected chi connectivity index (χ1v) is 8.39. The van der Waals surface area contributed by atoms with Gasteiger partial charge in [-0.05, 0) is 22.1 Å². The zero-order chi connectivity index (χ0) is 18.4. The normalized spacial score (nSPS) is 12.4. The first-order valence-electron chi connectivity index (χ1n) is 8.39. The van der Waals surface area contributed by atoms with Gasteiger partial charge in [-0.1, -0.05) is 75.4 Å². The monoisotopic (exact) mass is 338 g/mol. The Balaban J connectivity index is 2.13. The maximum Gasteiger partial charge on any atom is 0.224 e. The molecule has 2 aromatic carbocycles. The van der Waals surface area contributed by atoms with Crippen molar-refractivity contribution in [1.82, 2.24) is 5.32 Å². The van der Waals surface area contributed by atoms with Gasteiger partial charge >= 0.3 is 0 Å². The number of hydrogen-bond acceptors (Lipinski definition) is 3. The van der Waals surface area contributed by atoms with E-state index in [1.54, 1.807) is 0 Å². The molecule has 0 fully saturated rings. The molecule has 0 saturated heterocycles. The molecule has 0 radical (unpaired) electrons. The van der Waals surface area contributed by atoms with E-state index < -0.39 is 12.0 Å². The predicted octanol–water partition coefficient (Wildman–Crippen LogP) is 2.52. The third-order valence-electron chi connectivity index (χ3n) is 4.09. The van der Waals surface area contributed by atoms with Crippen molar-refractivity contribution in [2.24, 2.45) is 0 Å². The summed E-state index contributed by atoms with van der Waals surface area (Å²) in [5, 5.41) is 13.9. The quantitative estimate of drug-likeness (QED) is 0.880. The average molecular weight is 338 g/mol. The largest absolute Gasteiger partial charge is 0.550 e. The molecule has 0 heterocycles. The zero-order valence-electron chi connectivity index (χ0n) is 14.9. The molecular weight excluding hydrogens is 314 g/mol. The van der Waals surface area contributed by atoms with Gasteiger partial charge in [-0.2, -0.15) is 0 Å². The van der Waals surface area contributed by atoms with E-state index in [0.29, 0.717) is 0 Å². The number of amides is 1. The fourth-order valence-corrected chi connectivity index (χ4v) is 2.66. The van der Waals surface area contributed by atoms with E-state index in [-0.39, 0.29) is 24.2 Å². The summed E-state index contributed by atoms with van der Waals surface area (Å²) in [6, 6.07) is 16.4. The maximum atomic E-state index is 12.3. The van der Waals surface area contributed by atoms with Crippen LogP contribution in [0.15, 0.2) is 54.6 Å². The first-order chi connectivity index (χ1) is 11.8. The van der Waals surface area contributed by atoms with Crippen LogP contribution in [0.4, 0.5) is 0 Å². The van der Waals surface area contributed by atoms with E-state index in [9.17, 15) is 14.7 Å². The van der Waals surface area contributed by atoms with E-state index in [1.807, 2.05) is 54.6 Å². The van der Waals surface area contributed by atoms with Crippen LogP contribution in [-0.4, -0.2) is 11.9 Å². The van der Waals surface area contributed by atoms with Gasteiger partial charge in [0.15, 0.2) is 0 Å². The van der Waals surface area contributed by atoms with Crippen LogP contribution >= 0.6 is 0 Å². The van der Waals surface area contributed by atoms with Crippen LogP contribution in [0.2, 0.25) is 0 Å². The molecule has 1 N–H and O–H groups in total. The highest BCUT2D eigenvalue weighted by atomic mass is 16.4. The van der Waals surface area contributed by atoms with Crippen LogP contribution in [0, 0.1) is 0 Å².